The Labute approximate surface area is 101 Å². The van der Waals surface area contributed by atoms with E-state index in [0.717, 1.165) is 18.9 Å². The highest BCUT2D eigenvalue weighted by molar-refractivity contribution is 4.99. The summed E-state index contributed by atoms with van der Waals surface area (Å²) >= 11 is 0. The van der Waals surface area contributed by atoms with Crippen LogP contribution in [0.5, 0.6) is 0 Å². The van der Waals surface area contributed by atoms with Crippen molar-refractivity contribution in [1.29, 1.82) is 0 Å². The van der Waals surface area contributed by atoms with Gasteiger partial charge in [0, 0.05) is 6.54 Å². The Hall–Kier alpha value is -0.520. The number of hydrogen-bond acceptors (Lipinski definition) is 2. The minimum absolute atomic E-state index is 0.335. The molecule has 1 rings (SSSR count). The van der Waals surface area contributed by atoms with Crippen LogP contribution in [0.3, 0.4) is 0 Å². The summed E-state index contributed by atoms with van der Waals surface area (Å²) in [5.41, 5.74) is 0. The van der Waals surface area contributed by atoms with Gasteiger partial charge in [-0.1, -0.05) is 19.8 Å². The number of hydrogen-bond donors (Lipinski definition) is 1. The van der Waals surface area contributed by atoms with Gasteiger partial charge in [-0.3, -0.25) is 4.90 Å². The quantitative estimate of drug-likeness (QED) is 0.693. The molecule has 1 aliphatic rings. The van der Waals surface area contributed by atoms with Crippen LogP contribution in [-0.2, 0) is 0 Å². The van der Waals surface area contributed by atoms with Crippen LogP contribution in [0, 0.1) is 18.3 Å². The van der Waals surface area contributed by atoms with Crippen LogP contribution >= 0.6 is 0 Å². The number of nitrogens with zero attached hydrogens (tertiary/aromatic N) is 1. The second-order valence-corrected chi connectivity index (χ2v) is 4.80. The van der Waals surface area contributed by atoms with Gasteiger partial charge >= 0.3 is 0 Å². The Bertz CT molecular complexity index is 213. The van der Waals surface area contributed by atoms with Crippen molar-refractivity contribution in [2.75, 3.05) is 26.2 Å². The van der Waals surface area contributed by atoms with Crippen LogP contribution in [0.1, 0.15) is 39.5 Å². The maximum absolute atomic E-state index is 5.61. The Morgan fingerprint density at radius 3 is 2.81 bits per heavy atom. The van der Waals surface area contributed by atoms with E-state index in [0.29, 0.717) is 6.04 Å². The summed E-state index contributed by atoms with van der Waals surface area (Å²) in [5, 5.41) is 3.48. The first kappa shape index (κ1) is 13.5. The van der Waals surface area contributed by atoms with Gasteiger partial charge in [-0.25, -0.2) is 0 Å². The number of nitrogens with one attached hydrogen (secondary N) is 1. The van der Waals surface area contributed by atoms with Gasteiger partial charge in [0.15, 0.2) is 0 Å². The first-order valence-corrected chi connectivity index (χ1v) is 6.72. The molecule has 0 bridgehead atoms. The van der Waals surface area contributed by atoms with Crippen molar-refractivity contribution >= 4 is 0 Å². The predicted molar refractivity (Wildman–Crippen MR) is 70.4 cm³/mol. The van der Waals surface area contributed by atoms with Crippen LogP contribution in [0.2, 0.25) is 0 Å². The van der Waals surface area contributed by atoms with Gasteiger partial charge in [0.1, 0.15) is 0 Å². The van der Waals surface area contributed by atoms with E-state index >= 15 is 0 Å². The van der Waals surface area contributed by atoms with Crippen molar-refractivity contribution in [1.82, 2.24) is 10.2 Å². The summed E-state index contributed by atoms with van der Waals surface area (Å²) in [4.78, 5) is 2.50. The van der Waals surface area contributed by atoms with Gasteiger partial charge in [0.05, 0.1) is 6.04 Å². The monoisotopic (exact) mass is 222 g/mol. The summed E-state index contributed by atoms with van der Waals surface area (Å²) in [7, 11) is 0. The predicted octanol–water partition coefficient (Wildman–Crippen LogP) is 2.11. The number of rotatable bonds is 6. The van der Waals surface area contributed by atoms with E-state index in [2.05, 4.69) is 30.0 Å². The third kappa shape index (κ3) is 4.15. The molecule has 1 N–H and O–H groups in total. The topological polar surface area (TPSA) is 15.3 Å². The molecule has 92 valence electrons. The van der Waals surface area contributed by atoms with E-state index < -0.39 is 0 Å². The highest BCUT2D eigenvalue weighted by atomic mass is 15.2. The molecular weight excluding hydrogens is 196 g/mol. The number of terminal acetylenes is 1. The van der Waals surface area contributed by atoms with E-state index in [1.54, 1.807) is 0 Å². The average molecular weight is 222 g/mol. The zero-order valence-electron chi connectivity index (χ0n) is 10.8. The molecule has 2 atom stereocenters. The third-order valence-electron chi connectivity index (χ3n) is 3.42. The molecule has 0 amide bonds. The molecule has 0 radical (unpaired) electrons. The first-order valence-electron chi connectivity index (χ1n) is 6.72. The standard InChI is InChI=1S/C14H26N2/c1-4-10-16(14(5-2)6-3)12-13-8-7-9-15-11-13/h2,13-15H,4,6-12H2,1,3H3. The van der Waals surface area contributed by atoms with Crippen molar-refractivity contribution < 1.29 is 0 Å². The highest BCUT2D eigenvalue weighted by Gasteiger charge is 2.20. The lowest BCUT2D eigenvalue weighted by Gasteiger charge is -2.33. The minimum atomic E-state index is 0.335. The van der Waals surface area contributed by atoms with E-state index in [1.165, 1.54) is 38.9 Å². The van der Waals surface area contributed by atoms with Gasteiger partial charge < -0.3 is 5.32 Å². The van der Waals surface area contributed by atoms with Crippen LogP contribution in [-0.4, -0.2) is 37.1 Å². The molecule has 0 aliphatic carbocycles. The summed E-state index contributed by atoms with van der Waals surface area (Å²) < 4.78 is 0. The summed E-state index contributed by atoms with van der Waals surface area (Å²) in [6.45, 7) is 9.09. The molecule has 0 aromatic heterocycles. The molecule has 0 aromatic carbocycles. The Morgan fingerprint density at radius 1 is 1.50 bits per heavy atom. The number of piperidine rings is 1. The summed E-state index contributed by atoms with van der Waals surface area (Å²) in [6.07, 6.45) is 10.5. The third-order valence-corrected chi connectivity index (χ3v) is 3.42. The van der Waals surface area contributed by atoms with Crippen molar-refractivity contribution in [3.05, 3.63) is 0 Å². The van der Waals surface area contributed by atoms with Crippen molar-refractivity contribution in [2.45, 2.75) is 45.6 Å². The van der Waals surface area contributed by atoms with Crippen molar-refractivity contribution in [3.63, 3.8) is 0 Å². The van der Waals surface area contributed by atoms with E-state index in [-0.39, 0.29) is 0 Å². The Morgan fingerprint density at radius 2 is 2.31 bits per heavy atom. The molecule has 2 unspecified atom stereocenters. The molecule has 2 heteroatoms. The van der Waals surface area contributed by atoms with E-state index in [1.807, 2.05) is 0 Å². The van der Waals surface area contributed by atoms with Gasteiger partial charge in [-0.05, 0) is 51.2 Å². The van der Waals surface area contributed by atoms with Gasteiger partial charge in [-0.15, -0.1) is 6.42 Å². The summed E-state index contributed by atoms with van der Waals surface area (Å²) in [6, 6.07) is 0.335. The average Bonchev–Trinajstić information content (AvgIpc) is 2.32. The lowest BCUT2D eigenvalue weighted by Crippen LogP contribution is -2.42. The highest BCUT2D eigenvalue weighted by Crippen LogP contribution is 2.14. The second-order valence-electron chi connectivity index (χ2n) is 4.80. The molecular formula is C14H26N2. The van der Waals surface area contributed by atoms with Crippen LogP contribution < -0.4 is 5.32 Å². The molecule has 0 aromatic rings. The fourth-order valence-corrected chi connectivity index (χ4v) is 2.55. The fraction of sp³-hybridized carbons (Fsp3) is 0.857. The molecule has 0 saturated carbocycles. The van der Waals surface area contributed by atoms with Crippen molar-refractivity contribution in [2.24, 2.45) is 5.92 Å². The molecule has 1 fully saturated rings. The largest absolute Gasteiger partial charge is 0.316 e. The Balaban J connectivity index is 2.45. The zero-order valence-corrected chi connectivity index (χ0v) is 10.8. The van der Waals surface area contributed by atoms with E-state index in [4.69, 9.17) is 6.42 Å². The second kappa shape index (κ2) is 7.70. The van der Waals surface area contributed by atoms with Crippen LogP contribution in [0.25, 0.3) is 0 Å². The Kier molecular flexibility index (Phi) is 6.52. The molecule has 1 aliphatic heterocycles. The van der Waals surface area contributed by atoms with Gasteiger partial charge in [-0.2, -0.15) is 0 Å². The SMILES string of the molecule is C#CC(CC)N(CCC)CC1CCCNC1. The maximum Gasteiger partial charge on any atom is 0.0709 e. The summed E-state index contributed by atoms with van der Waals surface area (Å²) in [5.74, 6) is 3.73. The first-order chi connectivity index (χ1) is 7.81. The fourth-order valence-electron chi connectivity index (χ4n) is 2.55. The molecule has 1 saturated heterocycles. The minimum Gasteiger partial charge on any atom is -0.316 e. The van der Waals surface area contributed by atoms with Crippen LogP contribution in [0.4, 0.5) is 0 Å². The normalized spacial score (nSPS) is 23.0. The lowest BCUT2D eigenvalue weighted by atomic mass is 9.98. The van der Waals surface area contributed by atoms with Gasteiger partial charge in [0.25, 0.3) is 0 Å². The van der Waals surface area contributed by atoms with Crippen LogP contribution in [0.15, 0.2) is 0 Å². The molecule has 1 heterocycles. The molecule has 2 nitrogen and oxygen atoms in total. The lowest BCUT2D eigenvalue weighted by molar-refractivity contribution is 0.178. The van der Waals surface area contributed by atoms with E-state index in [9.17, 15) is 0 Å². The maximum atomic E-state index is 5.61. The smallest absolute Gasteiger partial charge is 0.0709 e. The molecule has 0 spiro atoms. The zero-order chi connectivity index (χ0) is 11.8. The van der Waals surface area contributed by atoms with Gasteiger partial charge in [0.2, 0.25) is 0 Å². The molecule has 16 heavy (non-hydrogen) atoms. The van der Waals surface area contributed by atoms with Crippen molar-refractivity contribution in [3.8, 4) is 12.3 Å².